The largest absolute Gasteiger partial charge is 0.339 e. The second kappa shape index (κ2) is 6.51. The summed E-state index contributed by atoms with van der Waals surface area (Å²) in [5.74, 6) is 0.949. The van der Waals surface area contributed by atoms with E-state index in [2.05, 4.69) is 10.2 Å². The summed E-state index contributed by atoms with van der Waals surface area (Å²) in [7, 11) is 0. The van der Waals surface area contributed by atoms with Crippen LogP contribution in [0, 0.1) is 10.1 Å². The van der Waals surface area contributed by atoms with E-state index >= 15 is 0 Å². The maximum atomic E-state index is 12.6. The minimum Gasteiger partial charge on any atom is -0.339 e. The van der Waals surface area contributed by atoms with Crippen molar-refractivity contribution in [1.82, 2.24) is 15.1 Å². The third kappa shape index (κ3) is 3.39. The van der Waals surface area contributed by atoms with Gasteiger partial charge in [-0.2, -0.15) is 0 Å². The topological polar surface area (TPSA) is 89.2 Å². The minimum absolute atomic E-state index is 0.00186. The van der Waals surface area contributed by atoms with Gasteiger partial charge in [0.1, 0.15) is 10.0 Å². The number of rotatable bonds is 4. The zero-order valence-electron chi connectivity index (χ0n) is 13.6. The number of hydrogen-bond acceptors (Lipinski definition) is 6. The van der Waals surface area contributed by atoms with E-state index in [4.69, 9.17) is 0 Å². The molecule has 0 spiro atoms. The lowest BCUT2D eigenvalue weighted by atomic mass is 9.97. The first kappa shape index (κ1) is 16.1. The van der Waals surface area contributed by atoms with E-state index in [1.165, 1.54) is 42.1 Å². The molecule has 1 amide bonds. The summed E-state index contributed by atoms with van der Waals surface area (Å²) in [6.07, 6.45) is 4.24. The molecule has 1 aliphatic heterocycles. The van der Waals surface area contributed by atoms with Gasteiger partial charge in [-0.25, -0.2) is 0 Å². The summed E-state index contributed by atoms with van der Waals surface area (Å²) in [6, 6.07) is 5.81. The lowest BCUT2D eigenvalue weighted by Crippen LogP contribution is -2.37. The van der Waals surface area contributed by atoms with Crippen LogP contribution in [0.25, 0.3) is 0 Å². The van der Waals surface area contributed by atoms with Crippen LogP contribution in [0.3, 0.4) is 0 Å². The Hall–Kier alpha value is -2.35. The minimum atomic E-state index is -0.461. The number of nitrogens with zero attached hydrogens (tertiary/aromatic N) is 4. The molecule has 0 atom stereocenters. The van der Waals surface area contributed by atoms with Gasteiger partial charge in [-0.05, 0) is 37.8 Å². The highest BCUT2D eigenvalue weighted by Crippen LogP contribution is 2.43. The van der Waals surface area contributed by atoms with E-state index in [9.17, 15) is 14.9 Å². The summed E-state index contributed by atoms with van der Waals surface area (Å²) >= 11 is 1.73. The Morgan fingerprint density at radius 2 is 1.60 bits per heavy atom. The first-order valence-corrected chi connectivity index (χ1v) is 9.30. The zero-order valence-corrected chi connectivity index (χ0v) is 14.4. The number of benzene rings is 1. The third-order valence-electron chi connectivity index (χ3n) is 4.84. The fourth-order valence-corrected chi connectivity index (χ4v) is 4.33. The van der Waals surface area contributed by atoms with Crippen LogP contribution in [-0.2, 0) is 0 Å². The molecule has 0 unspecified atom stereocenters. The smallest absolute Gasteiger partial charge is 0.269 e. The molecule has 130 valence electrons. The molecule has 25 heavy (non-hydrogen) atoms. The van der Waals surface area contributed by atoms with E-state index in [0.29, 0.717) is 30.5 Å². The molecule has 2 fully saturated rings. The average molecular weight is 358 g/mol. The van der Waals surface area contributed by atoms with Crippen molar-refractivity contribution < 1.29 is 9.72 Å². The Kier molecular flexibility index (Phi) is 4.20. The van der Waals surface area contributed by atoms with Crippen molar-refractivity contribution in [2.75, 3.05) is 13.1 Å². The molecule has 2 heterocycles. The number of hydrogen-bond donors (Lipinski definition) is 0. The monoisotopic (exact) mass is 358 g/mol. The van der Waals surface area contributed by atoms with Crippen LogP contribution in [-0.4, -0.2) is 39.0 Å². The molecule has 7 nitrogen and oxygen atoms in total. The predicted molar refractivity (Wildman–Crippen MR) is 92.9 cm³/mol. The van der Waals surface area contributed by atoms with Crippen molar-refractivity contribution in [3.8, 4) is 0 Å². The molecule has 0 N–H and O–H groups in total. The molecule has 1 aromatic heterocycles. The van der Waals surface area contributed by atoms with E-state index in [-0.39, 0.29) is 11.6 Å². The maximum absolute atomic E-state index is 12.6. The molecular formula is C17H18N4O3S. The van der Waals surface area contributed by atoms with E-state index in [1.54, 1.807) is 11.3 Å². The number of nitro benzene ring substituents is 1. The third-order valence-corrected chi connectivity index (χ3v) is 6.09. The quantitative estimate of drug-likeness (QED) is 0.618. The van der Waals surface area contributed by atoms with Crippen molar-refractivity contribution in [3.63, 3.8) is 0 Å². The maximum Gasteiger partial charge on any atom is 0.269 e. The standard InChI is InChI=1S/C17H18N4O3S/c22-17(13-3-5-14(6-4-13)21(23)24)20-9-7-12(8-10-20)16-19-18-15(25-16)11-1-2-11/h3-6,11-12H,1-2,7-10H2. The van der Waals surface area contributed by atoms with Gasteiger partial charge in [-0.1, -0.05) is 0 Å². The van der Waals surface area contributed by atoms with Gasteiger partial charge in [0.05, 0.1) is 4.92 Å². The molecule has 1 saturated heterocycles. The number of amides is 1. The van der Waals surface area contributed by atoms with Crippen LogP contribution in [0.5, 0.6) is 0 Å². The van der Waals surface area contributed by atoms with Gasteiger partial charge >= 0.3 is 0 Å². The van der Waals surface area contributed by atoms with Crippen LogP contribution >= 0.6 is 11.3 Å². The summed E-state index contributed by atoms with van der Waals surface area (Å²) in [5, 5.41) is 21.6. The van der Waals surface area contributed by atoms with Crippen LogP contribution in [0.1, 0.15) is 57.9 Å². The molecule has 4 rings (SSSR count). The van der Waals surface area contributed by atoms with Crippen molar-refractivity contribution >= 4 is 22.9 Å². The fraction of sp³-hybridized carbons (Fsp3) is 0.471. The molecule has 8 heteroatoms. The average Bonchev–Trinajstić information content (AvgIpc) is 3.38. The van der Waals surface area contributed by atoms with Crippen LogP contribution < -0.4 is 0 Å². The predicted octanol–water partition coefficient (Wildman–Crippen LogP) is 3.34. The lowest BCUT2D eigenvalue weighted by Gasteiger charge is -2.31. The summed E-state index contributed by atoms with van der Waals surface area (Å²) < 4.78 is 0. The summed E-state index contributed by atoms with van der Waals surface area (Å²) in [4.78, 5) is 24.6. The Bertz CT molecular complexity index is 792. The summed E-state index contributed by atoms with van der Waals surface area (Å²) in [6.45, 7) is 1.36. The highest BCUT2D eigenvalue weighted by atomic mass is 32.1. The molecule has 0 radical (unpaired) electrons. The van der Waals surface area contributed by atoms with Crippen molar-refractivity contribution in [2.45, 2.75) is 37.5 Å². The van der Waals surface area contributed by atoms with Gasteiger partial charge < -0.3 is 4.90 Å². The summed E-state index contributed by atoms with van der Waals surface area (Å²) in [5.41, 5.74) is 0.494. The van der Waals surface area contributed by atoms with Crippen molar-refractivity contribution in [2.24, 2.45) is 0 Å². The van der Waals surface area contributed by atoms with E-state index < -0.39 is 4.92 Å². The van der Waals surface area contributed by atoms with Gasteiger partial charge in [-0.3, -0.25) is 14.9 Å². The Morgan fingerprint density at radius 1 is 1.04 bits per heavy atom. The van der Waals surface area contributed by atoms with Gasteiger partial charge in [0, 0.05) is 42.6 Å². The van der Waals surface area contributed by atoms with E-state index in [1.807, 2.05) is 4.90 Å². The van der Waals surface area contributed by atoms with Gasteiger partial charge in [0.15, 0.2) is 0 Å². The Morgan fingerprint density at radius 3 is 2.12 bits per heavy atom. The van der Waals surface area contributed by atoms with Crippen molar-refractivity contribution in [3.05, 3.63) is 50.0 Å². The van der Waals surface area contributed by atoms with Crippen LogP contribution in [0.4, 0.5) is 5.69 Å². The van der Waals surface area contributed by atoms with Crippen molar-refractivity contribution in [1.29, 1.82) is 0 Å². The number of piperidine rings is 1. The first-order chi connectivity index (χ1) is 12.1. The Labute approximate surface area is 148 Å². The normalized spacial score (nSPS) is 18.3. The number of aromatic nitrogens is 2. The zero-order chi connectivity index (χ0) is 17.4. The number of likely N-dealkylation sites (tertiary alicyclic amines) is 1. The molecule has 1 aromatic carbocycles. The number of carbonyl (C=O) groups is 1. The second-order valence-corrected chi connectivity index (χ2v) is 7.66. The molecule has 2 aromatic rings. The van der Waals surface area contributed by atoms with Gasteiger partial charge in [0.25, 0.3) is 11.6 Å². The molecular weight excluding hydrogens is 340 g/mol. The number of carbonyl (C=O) groups excluding carboxylic acids is 1. The highest BCUT2D eigenvalue weighted by Gasteiger charge is 2.31. The molecule has 2 aliphatic rings. The number of non-ortho nitro benzene ring substituents is 1. The lowest BCUT2D eigenvalue weighted by molar-refractivity contribution is -0.384. The van der Waals surface area contributed by atoms with Crippen LogP contribution in [0.2, 0.25) is 0 Å². The SMILES string of the molecule is O=C(c1ccc([N+](=O)[O-])cc1)N1CCC(c2nnc(C3CC3)s2)CC1. The second-order valence-electron chi connectivity index (χ2n) is 6.62. The molecule has 1 aliphatic carbocycles. The van der Waals surface area contributed by atoms with Gasteiger partial charge in [0.2, 0.25) is 0 Å². The van der Waals surface area contributed by atoms with Crippen LogP contribution in [0.15, 0.2) is 24.3 Å². The molecule has 1 saturated carbocycles. The Balaban J connectivity index is 1.37. The first-order valence-electron chi connectivity index (χ1n) is 8.49. The number of nitro groups is 1. The highest BCUT2D eigenvalue weighted by molar-refractivity contribution is 7.11. The fourth-order valence-electron chi connectivity index (χ4n) is 3.14. The molecule has 0 bridgehead atoms. The van der Waals surface area contributed by atoms with Gasteiger partial charge in [-0.15, -0.1) is 21.5 Å². The van der Waals surface area contributed by atoms with E-state index in [0.717, 1.165) is 17.8 Å².